The molecule has 5 rings (SSSR count). The molecule has 1 spiro atoms. The Morgan fingerprint density at radius 3 is 2.48 bits per heavy atom. The second kappa shape index (κ2) is 11.5. The lowest BCUT2D eigenvalue weighted by atomic mass is 10.1. The number of nitrogen functional groups attached to an aromatic ring is 1. The van der Waals surface area contributed by atoms with Crippen LogP contribution in [-0.4, -0.2) is 71.6 Å². The summed E-state index contributed by atoms with van der Waals surface area (Å²) in [5.74, 6) is -2.98. The van der Waals surface area contributed by atoms with Crippen LogP contribution in [0.2, 0.25) is 0 Å². The Hall–Kier alpha value is -4.20. The second-order valence-electron chi connectivity index (χ2n) is 9.41. The Morgan fingerprint density at radius 2 is 1.82 bits per heavy atom. The number of likely N-dealkylation sites (tertiary alicyclic amines) is 1. The van der Waals surface area contributed by atoms with Gasteiger partial charge < -0.3 is 30.7 Å². The van der Waals surface area contributed by atoms with Crippen molar-refractivity contribution in [2.45, 2.75) is 24.8 Å². The van der Waals surface area contributed by atoms with Gasteiger partial charge in [-0.3, -0.25) is 19.8 Å². The van der Waals surface area contributed by atoms with Crippen molar-refractivity contribution in [2.75, 3.05) is 26.3 Å². The van der Waals surface area contributed by atoms with E-state index in [0.717, 1.165) is 10.4 Å². The molecule has 2 aromatic heterocycles. The summed E-state index contributed by atoms with van der Waals surface area (Å²) in [5, 5.41) is 14.7. The van der Waals surface area contributed by atoms with Crippen LogP contribution in [0.3, 0.4) is 0 Å². The molecule has 4 heterocycles. The number of hydrogen-bond donors (Lipinski definition) is 4. The van der Waals surface area contributed by atoms with Crippen molar-refractivity contribution in [1.82, 2.24) is 20.5 Å². The zero-order chi connectivity index (χ0) is 28.3. The molecule has 0 saturated carbocycles. The maximum absolute atomic E-state index is 13.2. The quantitative estimate of drug-likeness (QED) is 0.183. The number of aromatic nitrogens is 1. The minimum absolute atomic E-state index is 0.0537. The molecule has 2 fully saturated rings. The van der Waals surface area contributed by atoms with Crippen molar-refractivity contribution in [1.29, 1.82) is 5.41 Å². The van der Waals surface area contributed by atoms with Crippen LogP contribution >= 0.6 is 11.3 Å². The minimum Gasteiger partial charge on any atom is -0.384 e. The van der Waals surface area contributed by atoms with Crippen molar-refractivity contribution in [3.05, 3.63) is 76.0 Å². The van der Waals surface area contributed by atoms with Crippen molar-refractivity contribution >= 4 is 34.9 Å². The van der Waals surface area contributed by atoms with Gasteiger partial charge in [0.2, 0.25) is 17.8 Å². The van der Waals surface area contributed by atoms with E-state index in [-0.39, 0.29) is 37.8 Å². The summed E-state index contributed by atoms with van der Waals surface area (Å²) in [6.45, 7) is 0.674. The smallest absolute Gasteiger partial charge is 0.251 e. The number of pyridine rings is 1. The summed E-state index contributed by atoms with van der Waals surface area (Å²) in [6, 6.07) is 10.3. The first-order valence-corrected chi connectivity index (χ1v) is 13.4. The Balaban J connectivity index is 1.20. The van der Waals surface area contributed by atoms with Crippen molar-refractivity contribution in [3.63, 3.8) is 0 Å². The van der Waals surface area contributed by atoms with E-state index in [4.69, 9.17) is 20.6 Å². The number of amidine groups is 1. The van der Waals surface area contributed by atoms with Crippen LogP contribution in [0.5, 0.6) is 0 Å². The number of amides is 3. The number of carbonyl (C=O) groups is 3. The average Bonchev–Trinajstić information content (AvgIpc) is 3.71. The molecule has 2 saturated heterocycles. The van der Waals surface area contributed by atoms with Crippen LogP contribution in [-0.2, 0) is 25.6 Å². The fourth-order valence-electron chi connectivity index (χ4n) is 4.67. The summed E-state index contributed by atoms with van der Waals surface area (Å²) in [4.78, 5) is 44.9. The maximum Gasteiger partial charge on any atom is 0.251 e. The number of nitrogens with zero attached hydrogens (tertiary/aromatic N) is 2. The molecule has 13 heteroatoms. The fraction of sp³-hybridized carbons (Fsp3) is 0.296. The molecule has 208 valence electrons. The molecule has 0 unspecified atom stereocenters. The summed E-state index contributed by atoms with van der Waals surface area (Å²) in [6.07, 6.45) is 1.57. The molecule has 0 aliphatic carbocycles. The normalized spacial score (nSPS) is 17.6. The highest BCUT2D eigenvalue weighted by Gasteiger charge is 2.52. The van der Waals surface area contributed by atoms with Gasteiger partial charge in [-0.25, -0.2) is 4.98 Å². The number of nitrogens with two attached hydrogens (primary N) is 1. The lowest BCUT2D eigenvalue weighted by Gasteiger charge is -2.24. The van der Waals surface area contributed by atoms with Gasteiger partial charge in [0.05, 0.1) is 32.8 Å². The zero-order valence-corrected chi connectivity index (χ0v) is 22.1. The first kappa shape index (κ1) is 27.4. The molecule has 2 aliphatic heterocycles. The average molecular weight is 567 g/mol. The minimum atomic E-state index is -1.06. The number of hydrogen-bond acceptors (Lipinski definition) is 8. The monoisotopic (exact) mass is 566 g/mol. The van der Waals surface area contributed by atoms with Crippen LogP contribution in [0.25, 0.3) is 11.1 Å². The molecule has 5 N–H and O–H groups in total. The summed E-state index contributed by atoms with van der Waals surface area (Å²) < 4.78 is 24.6. The van der Waals surface area contributed by atoms with Crippen LogP contribution in [0.1, 0.15) is 27.2 Å². The molecule has 0 radical (unpaired) electrons. The van der Waals surface area contributed by atoms with E-state index in [2.05, 4.69) is 15.6 Å². The van der Waals surface area contributed by atoms with Gasteiger partial charge in [-0.05, 0) is 35.9 Å². The number of nitrogens with one attached hydrogen (secondary N) is 3. The molecule has 1 aromatic carbocycles. The van der Waals surface area contributed by atoms with Crippen LogP contribution < -0.4 is 16.4 Å². The summed E-state index contributed by atoms with van der Waals surface area (Å²) >= 11 is 1.37. The van der Waals surface area contributed by atoms with Gasteiger partial charge in [-0.1, -0.05) is 12.1 Å². The first-order valence-electron chi connectivity index (χ1n) is 12.5. The molecule has 1 atom stereocenters. The van der Waals surface area contributed by atoms with E-state index in [1.165, 1.54) is 28.5 Å². The molecule has 2 aliphatic rings. The van der Waals surface area contributed by atoms with Gasteiger partial charge in [0.1, 0.15) is 11.9 Å². The van der Waals surface area contributed by atoms with E-state index in [1.807, 2.05) is 0 Å². The lowest BCUT2D eigenvalue weighted by molar-refractivity contribution is -0.152. The summed E-state index contributed by atoms with van der Waals surface area (Å²) in [5.41, 5.74) is 7.88. The largest absolute Gasteiger partial charge is 0.384 e. The van der Waals surface area contributed by atoms with Gasteiger partial charge in [0.25, 0.3) is 5.91 Å². The number of rotatable bonds is 8. The Morgan fingerprint density at radius 1 is 1.10 bits per heavy atom. The third-order valence-corrected chi connectivity index (χ3v) is 7.67. The van der Waals surface area contributed by atoms with Crippen molar-refractivity contribution in [2.24, 2.45) is 5.73 Å². The van der Waals surface area contributed by atoms with Crippen LogP contribution in [0.15, 0.2) is 54.0 Å². The number of benzene rings is 1. The van der Waals surface area contributed by atoms with Gasteiger partial charge >= 0.3 is 0 Å². The van der Waals surface area contributed by atoms with Crippen LogP contribution in [0.4, 0.5) is 4.39 Å². The van der Waals surface area contributed by atoms with Gasteiger partial charge in [-0.2, -0.15) is 4.39 Å². The Kier molecular flexibility index (Phi) is 7.87. The Bertz CT molecular complexity index is 1420. The lowest BCUT2D eigenvalue weighted by Crippen LogP contribution is -2.49. The number of thiophene rings is 1. The highest BCUT2D eigenvalue weighted by Crippen LogP contribution is 2.35. The number of halogens is 1. The molecular weight excluding hydrogens is 539 g/mol. The van der Waals surface area contributed by atoms with Crippen molar-refractivity contribution < 1.29 is 28.2 Å². The molecule has 0 bridgehead atoms. The van der Waals surface area contributed by atoms with E-state index in [9.17, 15) is 18.8 Å². The fourth-order valence-corrected chi connectivity index (χ4v) is 5.49. The molecule has 3 aromatic rings. The van der Waals surface area contributed by atoms with E-state index in [0.29, 0.717) is 29.9 Å². The third-order valence-electron chi connectivity index (χ3n) is 6.74. The van der Waals surface area contributed by atoms with Crippen LogP contribution in [0, 0.1) is 11.4 Å². The molecule has 11 nitrogen and oxygen atoms in total. The first-order chi connectivity index (χ1) is 19.2. The molecular formula is C27H27FN6O5S. The topological polar surface area (TPSA) is 160 Å². The van der Waals surface area contributed by atoms with E-state index in [1.54, 1.807) is 41.8 Å². The molecule has 40 heavy (non-hydrogen) atoms. The number of ether oxygens (including phenoxy) is 2. The van der Waals surface area contributed by atoms with E-state index < -0.39 is 29.6 Å². The Labute approximate surface area is 233 Å². The predicted molar refractivity (Wildman–Crippen MR) is 144 cm³/mol. The highest BCUT2D eigenvalue weighted by atomic mass is 32.1. The van der Waals surface area contributed by atoms with E-state index >= 15 is 0 Å². The van der Waals surface area contributed by atoms with Gasteiger partial charge in [-0.15, -0.1) is 11.3 Å². The maximum atomic E-state index is 13.2. The van der Waals surface area contributed by atoms with Gasteiger partial charge in [0, 0.05) is 39.6 Å². The molecule has 3 amide bonds. The number of carbonyl (C=O) groups excluding carboxylic acids is 3. The summed E-state index contributed by atoms with van der Waals surface area (Å²) in [7, 11) is 0. The van der Waals surface area contributed by atoms with Gasteiger partial charge in [0.15, 0.2) is 5.79 Å². The third kappa shape index (κ3) is 6.01. The zero-order valence-electron chi connectivity index (χ0n) is 21.3. The SMILES string of the molecule is N=C(N)c1csc(CNC(=O)[C@@H]2CC3(CN2C(=O)CNC(=O)c2ccc(-c4ccc(F)nc4)cc2)OCCO3)c1. The highest BCUT2D eigenvalue weighted by molar-refractivity contribution is 7.10. The van der Waals surface area contributed by atoms with Crippen molar-refractivity contribution in [3.8, 4) is 11.1 Å². The second-order valence-corrected chi connectivity index (χ2v) is 10.4. The predicted octanol–water partition coefficient (Wildman–Crippen LogP) is 1.62. The standard InChI is InChI=1S/C27H27FN6O5S/c28-22-6-5-18(11-31-22)16-1-3-17(4-2-16)25(36)33-13-23(35)34-15-27(38-7-8-39-27)10-21(34)26(37)32-12-20-9-19(14-40-20)24(29)30/h1-6,9,11,14,21H,7-8,10,12-13,15H2,(H3,29,30)(H,32,37)(H,33,36)/t21-/m0/s1.